The number of para-hydroxylation sites is 1. The molecule has 20 heavy (non-hydrogen) atoms. The number of hydrogen-bond acceptors (Lipinski definition) is 3. The molecule has 0 spiro atoms. The Morgan fingerprint density at radius 1 is 1.55 bits per heavy atom. The molecule has 2 rings (SSSR count). The van der Waals surface area contributed by atoms with Gasteiger partial charge in [-0.3, -0.25) is 4.79 Å². The highest BCUT2D eigenvalue weighted by Crippen LogP contribution is 2.27. The number of hydrogen-bond donors (Lipinski definition) is 1. The highest BCUT2D eigenvalue weighted by atomic mass is 19.1. The highest BCUT2D eigenvalue weighted by Gasteiger charge is 2.31. The molecule has 1 aromatic rings. The molecule has 0 aromatic heterocycles. The lowest BCUT2D eigenvalue weighted by molar-refractivity contribution is -0.132. The van der Waals surface area contributed by atoms with Crippen molar-refractivity contribution in [1.29, 1.82) is 0 Å². The summed E-state index contributed by atoms with van der Waals surface area (Å²) in [5.74, 6) is -2.07. The maximum Gasteiger partial charge on any atom is 0.328 e. The molecule has 0 aliphatic carbocycles. The summed E-state index contributed by atoms with van der Waals surface area (Å²) in [4.78, 5) is 23.8. The number of carbonyl (C=O) groups is 2. The van der Waals surface area contributed by atoms with Gasteiger partial charge >= 0.3 is 5.97 Å². The normalized spacial score (nSPS) is 18.8. The number of benzene rings is 1. The molecule has 1 aliphatic rings. The van der Waals surface area contributed by atoms with E-state index in [2.05, 4.69) is 0 Å². The lowest BCUT2D eigenvalue weighted by Gasteiger charge is -2.15. The van der Waals surface area contributed by atoms with E-state index in [9.17, 15) is 14.0 Å². The van der Waals surface area contributed by atoms with Crippen LogP contribution >= 0.6 is 0 Å². The molecule has 1 amide bonds. The number of likely N-dealkylation sites (N-methyl/N-ethyl adjacent to an activating group) is 1. The van der Waals surface area contributed by atoms with Gasteiger partial charge in [-0.15, -0.1) is 0 Å². The first-order chi connectivity index (χ1) is 9.49. The minimum atomic E-state index is -1.14. The molecule has 6 heteroatoms. The summed E-state index contributed by atoms with van der Waals surface area (Å²) in [6.07, 6.45) is 1.88. The molecule has 1 unspecified atom stereocenters. The van der Waals surface area contributed by atoms with Crippen molar-refractivity contribution in [1.82, 2.24) is 4.90 Å². The molecule has 1 N–H and O–H groups in total. The van der Waals surface area contributed by atoms with E-state index in [-0.39, 0.29) is 17.2 Å². The molecular weight excluding hydrogens is 265 g/mol. The second-order valence-electron chi connectivity index (χ2n) is 4.48. The Morgan fingerprint density at radius 2 is 2.30 bits per heavy atom. The lowest BCUT2D eigenvalue weighted by Crippen LogP contribution is -2.29. The van der Waals surface area contributed by atoms with Crippen molar-refractivity contribution in [2.45, 2.75) is 12.5 Å². The summed E-state index contributed by atoms with van der Waals surface area (Å²) >= 11 is 0. The third-order valence-corrected chi connectivity index (χ3v) is 3.04. The Hall–Kier alpha value is -2.37. The van der Waals surface area contributed by atoms with Crippen molar-refractivity contribution in [3.63, 3.8) is 0 Å². The largest absolute Gasteiger partial charge is 0.478 e. The lowest BCUT2D eigenvalue weighted by atomic mass is 10.1. The Labute approximate surface area is 115 Å². The zero-order valence-electron chi connectivity index (χ0n) is 10.9. The molecule has 1 aromatic carbocycles. The smallest absolute Gasteiger partial charge is 0.328 e. The molecule has 0 bridgehead atoms. The Morgan fingerprint density at radius 3 is 2.90 bits per heavy atom. The summed E-state index contributed by atoms with van der Waals surface area (Å²) in [6.45, 7) is 0.554. The second-order valence-corrected chi connectivity index (χ2v) is 4.48. The Bertz CT molecular complexity index is 570. The van der Waals surface area contributed by atoms with Crippen LogP contribution in [0.3, 0.4) is 0 Å². The van der Waals surface area contributed by atoms with E-state index in [4.69, 9.17) is 9.84 Å². The minimum absolute atomic E-state index is 0.0985. The fourth-order valence-corrected chi connectivity index (χ4v) is 1.98. The molecule has 5 nitrogen and oxygen atoms in total. The quantitative estimate of drug-likeness (QED) is 0.849. The van der Waals surface area contributed by atoms with E-state index < -0.39 is 17.9 Å². The van der Waals surface area contributed by atoms with Gasteiger partial charge < -0.3 is 14.7 Å². The Kier molecular flexibility index (Phi) is 4.02. The van der Waals surface area contributed by atoms with Gasteiger partial charge in [0.1, 0.15) is 0 Å². The number of halogens is 1. The van der Waals surface area contributed by atoms with Gasteiger partial charge in [-0.1, -0.05) is 12.1 Å². The SMILES string of the molecule is CN1CCC(Oc2c(F)cccc2/C=C/C(=O)O)C1=O. The van der Waals surface area contributed by atoms with E-state index in [1.54, 1.807) is 7.05 Å². The van der Waals surface area contributed by atoms with Gasteiger partial charge in [-0.05, 0) is 12.1 Å². The van der Waals surface area contributed by atoms with Gasteiger partial charge in [0, 0.05) is 31.7 Å². The molecule has 1 atom stereocenters. The highest BCUT2D eigenvalue weighted by molar-refractivity contribution is 5.86. The number of rotatable bonds is 4. The number of aliphatic carboxylic acids is 1. The summed E-state index contributed by atoms with van der Waals surface area (Å²) in [6, 6.07) is 4.18. The number of likely N-dealkylation sites (tertiary alicyclic amines) is 1. The van der Waals surface area contributed by atoms with Crippen LogP contribution in [0.1, 0.15) is 12.0 Å². The number of amides is 1. The van der Waals surface area contributed by atoms with E-state index in [0.717, 1.165) is 6.08 Å². The Balaban J connectivity index is 2.26. The van der Waals surface area contributed by atoms with Crippen molar-refractivity contribution in [3.8, 4) is 5.75 Å². The molecule has 1 aliphatic heterocycles. The van der Waals surface area contributed by atoms with Crippen LogP contribution in [-0.2, 0) is 9.59 Å². The standard InChI is InChI=1S/C14H14FNO4/c1-16-8-7-11(14(16)19)20-13-9(5-6-12(17)18)3-2-4-10(13)15/h2-6,11H,7-8H2,1H3,(H,17,18)/b6-5+. The average molecular weight is 279 g/mol. The van der Waals surface area contributed by atoms with Crippen LogP contribution in [0.4, 0.5) is 4.39 Å². The van der Waals surface area contributed by atoms with Crippen LogP contribution in [0.5, 0.6) is 5.75 Å². The fourth-order valence-electron chi connectivity index (χ4n) is 1.98. The van der Waals surface area contributed by atoms with Crippen LogP contribution in [0.25, 0.3) is 6.08 Å². The molecular formula is C14H14FNO4. The third kappa shape index (κ3) is 2.96. The number of ether oxygens (including phenoxy) is 1. The molecule has 0 radical (unpaired) electrons. The van der Waals surface area contributed by atoms with Crippen LogP contribution in [0, 0.1) is 5.82 Å². The van der Waals surface area contributed by atoms with Gasteiger partial charge in [0.05, 0.1) is 0 Å². The predicted molar refractivity (Wildman–Crippen MR) is 69.7 cm³/mol. The van der Waals surface area contributed by atoms with Crippen LogP contribution in [0.15, 0.2) is 24.3 Å². The van der Waals surface area contributed by atoms with Gasteiger partial charge in [-0.25, -0.2) is 9.18 Å². The number of carboxylic acid groups (broad SMARTS) is 1. The van der Waals surface area contributed by atoms with E-state index >= 15 is 0 Å². The second kappa shape index (κ2) is 5.73. The van der Waals surface area contributed by atoms with E-state index in [0.29, 0.717) is 13.0 Å². The number of nitrogens with zero attached hydrogens (tertiary/aromatic N) is 1. The monoisotopic (exact) mass is 279 g/mol. The molecule has 1 fully saturated rings. The zero-order valence-corrected chi connectivity index (χ0v) is 10.9. The first kappa shape index (κ1) is 14.0. The summed E-state index contributed by atoms with van der Waals surface area (Å²) in [5, 5.41) is 8.61. The van der Waals surface area contributed by atoms with Gasteiger partial charge in [0.15, 0.2) is 17.7 Å². The molecule has 0 saturated carbocycles. The van der Waals surface area contributed by atoms with Crippen LogP contribution in [0.2, 0.25) is 0 Å². The first-order valence-electron chi connectivity index (χ1n) is 6.10. The number of carbonyl (C=O) groups excluding carboxylic acids is 1. The molecule has 106 valence electrons. The van der Waals surface area contributed by atoms with Crippen molar-refractivity contribution in [2.75, 3.05) is 13.6 Å². The third-order valence-electron chi connectivity index (χ3n) is 3.04. The maximum atomic E-state index is 13.8. The van der Waals surface area contributed by atoms with Crippen LogP contribution in [-0.4, -0.2) is 41.6 Å². The zero-order chi connectivity index (χ0) is 14.7. The topological polar surface area (TPSA) is 66.8 Å². The summed E-state index contributed by atoms with van der Waals surface area (Å²) in [7, 11) is 1.65. The summed E-state index contributed by atoms with van der Waals surface area (Å²) < 4.78 is 19.3. The van der Waals surface area contributed by atoms with Gasteiger partial charge in [0.25, 0.3) is 5.91 Å². The maximum absolute atomic E-state index is 13.8. The van der Waals surface area contributed by atoms with Crippen molar-refractivity contribution in [3.05, 3.63) is 35.7 Å². The van der Waals surface area contributed by atoms with Crippen molar-refractivity contribution >= 4 is 18.0 Å². The van der Waals surface area contributed by atoms with E-state index in [1.165, 1.54) is 29.2 Å². The van der Waals surface area contributed by atoms with Gasteiger partial charge in [-0.2, -0.15) is 0 Å². The first-order valence-corrected chi connectivity index (χ1v) is 6.10. The van der Waals surface area contributed by atoms with Gasteiger partial charge in [0.2, 0.25) is 0 Å². The minimum Gasteiger partial charge on any atom is -0.478 e. The van der Waals surface area contributed by atoms with Crippen LogP contribution < -0.4 is 4.74 Å². The van der Waals surface area contributed by atoms with Crippen molar-refractivity contribution < 1.29 is 23.8 Å². The fraction of sp³-hybridized carbons (Fsp3) is 0.286. The van der Waals surface area contributed by atoms with E-state index in [1.807, 2.05) is 0 Å². The average Bonchev–Trinajstić information content (AvgIpc) is 2.71. The predicted octanol–water partition coefficient (Wildman–Crippen LogP) is 1.53. The molecule has 1 heterocycles. The molecule has 1 saturated heterocycles. The number of carboxylic acids is 1. The van der Waals surface area contributed by atoms with Crippen molar-refractivity contribution in [2.24, 2.45) is 0 Å². The summed E-state index contributed by atoms with van der Waals surface area (Å²) in [5.41, 5.74) is 0.287.